The molecule has 1 aliphatic carbocycles. The van der Waals surface area contributed by atoms with Crippen molar-refractivity contribution in [1.29, 1.82) is 0 Å². The van der Waals surface area contributed by atoms with Crippen molar-refractivity contribution < 1.29 is 37.0 Å². The van der Waals surface area contributed by atoms with E-state index in [1.54, 1.807) is 16.9 Å². The summed E-state index contributed by atoms with van der Waals surface area (Å²) in [4.78, 5) is 34.9. The third-order valence-electron chi connectivity index (χ3n) is 9.31. The largest absolute Gasteiger partial charge is 0.449 e. The molecular formula is C30H42F3N3O5. The smallest absolute Gasteiger partial charge is 0.417 e. The normalized spacial score (nSPS) is 30.2. The third kappa shape index (κ3) is 6.35. The highest BCUT2D eigenvalue weighted by Crippen LogP contribution is 2.54. The summed E-state index contributed by atoms with van der Waals surface area (Å²) in [5.41, 5.74) is -0.738. The molecule has 3 fully saturated rings. The molecule has 0 bridgehead atoms. The van der Waals surface area contributed by atoms with Gasteiger partial charge in [-0.2, -0.15) is 13.2 Å². The first-order valence-corrected chi connectivity index (χ1v) is 14.7. The van der Waals surface area contributed by atoms with Gasteiger partial charge in [0.1, 0.15) is 0 Å². The van der Waals surface area contributed by atoms with Crippen LogP contribution in [0.3, 0.4) is 0 Å². The number of aromatic nitrogens is 1. The van der Waals surface area contributed by atoms with Crippen LogP contribution in [0.1, 0.15) is 63.3 Å². The molecule has 3 aliphatic heterocycles. The molecule has 2 amide bonds. The first-order chi connectivity index (χ1) is 19.3. The van der Waals surface area contributed by atoms with E-state index in [2.05, 4.69) is 4.98 Å². The monoisotopic (exact) mass is 581 g/mol. The lowest BCUT2D eigenvalue weighted by Crippen LogP contribution is -2.49. The number of alkyl halides is 3. The van der Waals surface area contributed by atoms with Crippen molar-refractivity contribution in [1.82, 2.24) is 14.8 Å². The van der Waals surface area contributed by atoms with Crippen molar-refractivity contribution in [2.45, 2.75) is 71.7 Å². The Balaban J connectivity index is 1.36. The van der Waals surface area contributed by atoms with Crippen molar-refractivity contribution in [2.24, 2.45) is 28.6 Å². The summed E-state index contributed by atoms with van der Waals surface area (Å²) in [6.07, 6.45) is -0.344. The Morgan fingerprint density at radius 3 is 2.71 bits per heavy atom. The van der Waals surface area contributed by atoms with Gasteiger partial charge in [-0.15, -0.1) is 0 Å². The summed E-state index contributed by atoms with van der Waals surface area (Å²) in [5.74, 6) is 0.512. The Morgan fingerprint density at radius 1 is 1.22 bits per heavy atom. The van der Waals surface area contributed by atoms with E-state index in [4.69, 9.17) is 14.2 Å². The maximum absolute atomic E-state index is 14.4. The Hall–Kier alpha value is -2.40. The Morgan fingerprint density at radius 2 is 2.00 bits per heavy atom. The molecule has 2 unspecified atom stereocenters. The number of rotatable bonds is 5. The van der Waals surface area contributed by atoms with Gasteiger partial charge in [0.15, 0.2) is 0 Å². The number of pyridine rings is 1. The summed E-state index contributed by atoms with van der Waals surface area (Å²) in [6, 6.07) is 1.12. The molecule has 0 radical (unpaired) electrons. The van der Waals surface area contributed by atoms with Gasteiger partial charge in [0.2, 0.25) is 5.91 Å². The van der Waals surface area contributed by atoms with Crippen LogP contribution in [0.5, 0.6) is 0 Å². The van der Waals surface area contributed by atoms with Crippen molar-refractivity contribution in [3.8, 4) is 0 Å². The predicted octanol–water partition coefficient (Wildman–Crippen LogP) is 4.94. The predicted molar refractivity (Wildman–Crippen MR) is 144 cm³/mol. The quantitative estimate of drug-likeness (QED) is 0.490. The number of amides is 2. The maximum atomic E-state index is 14.4. The number of hydrogen-bond acceptors (Lipinski definition) is 6. The zero-order chi connectivity index (χ0) is 29.6. The maximum Gasteiger partial charge on any atom is 0.417 e. The van der Waals surface area contributed by atoms with Gasteiger partial charge in [0, 0.05) is 58.2 Å². The molecule has 5 rings (SSSR count). The number of carbonyl (C=O) groups is 2. The van der Waals surface area contributed by atoms with Gasteiger partial charge in [-0.1, -0.05) is 20.8 Å². The molecule has 1 aromatic rings. The van der Waals surface area contributed by atoms with Gasteiger partial charge in [0.05, 0.1) is 30.3 Å². The summed E-state index contributed by atoms with van der Waals surface area (Å²) in [6.45, 7) is 8.69. The summed E-state index contributed by atoms with van der Waals surface area (Å²) in [7, 11) is 1.70. The average molecular weight is 582 g/mol. The molecule has 2 saturated heterocycles. The summed E-state index contributed by atoms with van der Waals surface area (Å²) >= 11 is 0. The molecule has 0 aromatic carbocycles. The zero-order valence-electron chi connectivity index (χ0n) is 24.5. The molecule has 4 heterocycles. The number of halogens is 3. The molecule has 8 nitrogen and oxygen atoms in total. The first-order valence-electron chi connectivity index (χ1n) is 14.7. The van der Waals surface area contributed by atoms with Gasteiger partial charge in [0.25, 0.3) is 0 Å². The molecule has 0 N–H and O–H groups in total. The van der Waals surface area contributed by atoms with E-state index in [9.17, 15) is 22.8 Å². The number of methoxy groups -OCH3 is 1. The number of likely N-dealkylation sites (tertiary alicyclic amines) is 1. The molecular weight excluding hydrogens is 539 g/mol. The molecule has 1 saturated carbocycles. The first kappa shape index (κ1) is 30.1. The zero-order valence-corrected chi connectivity index (χ0v) is 24.5. The standard InChI is InChI=1S/C30H42F3N3O5/c1-28(2,3)18-41-27(38)36-15-23-10-19(9-20-6-8-40-16-25(20)39-4)12-29(23,17-36)26(37)35-7-5-24-21(14-35)11-22(13-34-24)30(31,32)33/h11,13,19-20,23,25H,5-10,12,14-18H2,1-4H3/t19-,20?,23+,25?,29+/m1/s1. The molecule has 1 aromatic heterocycles. The van der Waals surface area contributed by atoms with E-state index in [0.717, 1.165) is 31.5 Å². The third-order valence-corrected chi connectivity index (χ3v) is 9.31. The van der Waals surface area contributed by atoms with E-state index >= 15 is 0 Å². The number of fused-ring (bicyclic) bond motifs is 2. The van der Waals surface area contributed by atoms with Gasteiger partial charge in [-0.05, 0) is 60.5 Å². The minimum Gasteiger partial charge on any atom is -0.449 e. The minimum atomic E-state index is -4.50. The Labute approximate surface area is 239 Å². The lowest BCUT2D eigenvalue weighted by atomic mass is 9.78. The van der Waals surface area contributed by atoms with Crippen LogP contribution in [0.4, 0.5) is 18.0 Å². The van der Waals surface area contributed by atoms with E-state index in [0.29, 0.717) is 56.3 Å². The number of nitrogens with zero attached hydrogens (tertiary/aromatic N) is 3. The van der Waals surface area contributed by atoms with Gasteiger partial charge in [-0.3, -0.25) is 9.78 Å². The topological polar surface area (TPSA) is 81.2 Å². The highest BCUT2D eigenvalue weighted by Gasteiger charge is 2.60. The van der Waals surface area contributed by atoms with E-state index in [1.165, 1.54) is 0 Å². The van der Waals surface area contributed by atoms with E-state index in [-0.39, 0.29) is 49.0 Å². The van der Waals surface area contributed by atoms with Gasteiger partial charge >= 0.3 is 12.3 Å². The van der Waals surface area contributed by atoms with Crippen LogP contribution in [0.25, 0.3) is 0 Å². The summed E-state index contributed by atoms with van der Waals surface area (Å²) < 4.78 is 57.1. The van der Waals surface area contributed by atoms with E-state index < -0.39 is 23.2 Å². The van der Waals surface area contributed by atoms with Gasteiger partial charge < -0.3 is 24.0 Å². The SMILES string of the molecule is COC1COCCC1C[C@@H]1C[C@H]2CN(C(=O)OCC(C)(C)C)C[C@@]2(C(=O)N2CCc3ncc(C(F)(F)F)cc3C2)C1. The second-order valence-electron chi connectivity index (χ2n) is 13.6. The van der Waals surface area contributed by atoms with Crippen molar-refractivity contribution in [3.63, 3.8) is 0 Å². The number of ether oxygens (including phenoxy) is 3. The summed E-state index contributed by atoms with van der Waals surface area (Å²) in [5, 5.41) is 0. The van der Waals surface area contributed by atoms with Crippen molar-refractivity contribution >= 4 is 12.0 Å². The Kier molecular flexibility index (Phi) is 8.33. The average Bonchev–Trinajstić information content (AvgIpc) is 3.45. The van der Waals surface area contributed by atoms with Gasteiger partial charge in [-0.25, -0.2) is 4.79 Å². The molecule has 4 aliphatic rings. The van der Waals surface area contributed by atoms with Crippen molar-refractivity contribution in [3.05, 3.63) is 29.1 Å². The van der Waals surface area contributed by atoms with Crippen LogP contribution in [0, 0.1) is 28.6 Å². The van der Waals surface area contributed by atoms with Crippen LogP contribution in [0.15, 0.2) is 12.3 Å². The second kappa shape index (κ2) is 11.4. The molecule has 11 heteroatoms. The highest BCUT2D eigenvalue weighted by molar-refractivity contribution is 5.85. The fourth-order valence-corrected chi connectivity index (χ4v) is 7.31. The van der Waals surface area contributed by atoms with E-state index in [1.807, 2.05) is 20.8 Å². The second-order valence-corrected chi connectivity index (χ2v) is 13.6. The van der Waals surface area contributed by atoms with Crippen LogP contribution in [-0.4, -0.2) is 79.5 Å². The fourth-order valence-electron chi connectivity index (χ4n) is 7.31. The van der Waals surface area contributed by atoms with Crippen LogP contribution >= 0.6 is 0 Å². The minimum absolute atomic E-state index is 0.0219. The van der Waals surface area contributed by atoms with Crippen LogP contribution in [0.2, 0.25) is 0 Å². The molecule has 41 heavy (non-hydrogen) atoms. The fraction of sp³-hybridized carbons (Fsp3) is 0.767. The highest BCUT2D eigenvalue weighted by atomic mass is 19.4. The molecule has 5 atom stereocenters. The number of hydrogen-bond donors (Lipinski definition) is 0. The van der Waals surface area contributed by atoms with Crippen LogP contribution < -0.4 is 0 Å². The van der Waals surface area contributed by atoms with Crippen LogP contribution in [-0.2, 0) is 38.1 Å². The lowest BCUT2D eigenvalue weighted by Gasteiger charge is -2.37. The Bertz CT molecular complexity index is 1140. The molecule has 228 valence electrons. The lowest BCUT2D eigenvalue weighted by molar-refractivity contribution is -0.144. The molecule has 0 spiro atoms. The van der Waals surface area contributed by atoms with Crippen molar-refractivity contribution in [2.75, 3.05) is 46.6 Å². The number of carbonyl (C=O) groups excluding carboxylic acids is 2.